The molecule has 0 aliphatic heterocycles. The van der Waals surface area contributed by atoms with Crippen LogP contribution in [0.25, 0.3) is 0 Å². The molecule has 0 saturated carbocycles. The van der Waals surface area contributed by atoms with Gasteiger partial charge >= 0.3 is 5.97 Å². The predicted octanol–water partition coefficient (Wildman–Crippen LogP) is 24.7. The third kappa shape index (κ3) is 69.1. The van der Waals surface area contributed by atoms with Gasteiger partial charge in [0.25, 0.3) is 0 Å². The topological polar surface area (TPSA) is 95.9 Å². The van der Waals surface area contributed by atoms with Crippen LogP contribution in [-0.4, -0.2) is 47.4 Å². The summed E-state index contributed by atoms with van der Waals surface area (Å²) in [6.45, 7) is 4.94. The fraction of sp³-hybridized carbons (Fsp3) is 0.896. The summed E-state index contributed by atoms with van der Waals surface area (Å²) in [5, 5.41) is 23.3. The van der Waals surface area contributed by atoms with Crippen LogP contribution in [0.5, 0.6) is 0 Å². The molecule has 0 rings (SSSR count). The molecule has 0 radical (unpaired) electrons. The van der Waals surface area contributed by atoms with Crippen LogP contribution in [0.2, 0.25) is 0 Å². The van der Waals surface area contributed by atoms with Crippen molar-refractivity contribution in [1.29, 1.82) is 0 Å². The second-order valence-corrected chi connectivity index (χ2v) is 26.0. The van der Waals surface area contributed by atoms with E-state index in [1.54, 1.807) is 6.08 Å². The second-order valence-electron chi connectivity index (χ2n) is 26.0. The van der Waals surface area contributed by atoms with Crippen molar-refractivity contribution in [2.75, 3.05) is 13.2 Å². The highest BCUT2D eigenvalue weighted by atomic mass is 16.5. The summed E-state index contributed by atoms with van der Waals surface area (Å²) in [7, 11) is 0. The van der Waals surface area contributed by atoms with E-state index < -0.39 is 12.1 Å². The monoisotopic (exact) mass is 1170 g/mol. The van der Waals surface area contributed by atoms with Crippen LogP contribution in [0.1, 0.15) is 418 Å². The Kier molecular flexibility index (Phi) is 70.9. The highest BCUT2D eigenvalue weighted by Crippen LogP contribution is 2.19. The van der Waals surface area contributed by atoms with Crippen LogP contribution in [0.4, 0.5) is 0 Å². The Balaban J connectivity index is 3.41. The van der Waals surface area contributed by atoms with Crippen LogP contribution in [0, 0.1) is 0 Å². The number of aliphatic hydroxyl groups excluding tert-OH is 2. The fourth-order valence-corrected chi connectivity index (χ4v) is 11.9. The first-order valence-corrected chi connectivity index (χ1v) is 37.8. The molecule has 0 bridgehead atoms. The van der Waals surface area contributed by atoms with Gasteiger partial charge in [0.05, 0.1) is 25.4 Å². The maximum atomic E-state index is 12.5. The predicted molar refractivity (Wildman–Crippen MR) is 366 cm³/mol. The lowest BCUT2D eigenvalue weighted by Crippen LogP contribution is -2.45. The summed E-state index contributed by atoms with van der Waals surface area (Å²) < 4.78 is 5.49. The smallest absolute Gasteiger partial charge is 0.305 e. The lowest BCUT2D eigenvalue weighted by Gasteiger charge is -2.20. The van der Waals surface area contributed by atoms with Gasteiger partial charge in [0, 0.05) is 12.8 Å². The average Bonchev–Trinajstić information content (AvgIpc) is 3.48. The number of carbonyl (C=O) groups excluding carboxylic acids is 2. The zero-order chi connectivity index (χ0) is 59.9. The van der Waals surface area contributed by atoms with Gasteiger partial charge in [0.2, 0.25) is 5.91 Å². The number of hydrogen-bond donors (Lipinski definition) is 3. The molecule has 0 saturated heterocycles. The minimum absolute atomic E-state index is 0.00747. The lowest BCUT2D eigenvalue weighted by molar-refractivity contribution is -0.143. The van der Waals surface area contributed by atoms with Crippen LogP contribution >= 0.6 is 0 Å². The van der Waals surface area contributed by atoms with Gasteiger partial charge in [0.1, 0.15) is 0 Å². The number of unbranched alkanes of at least 4 members (excludes halogenated alkanes) is 56. The highest BCUT2D eigenvalue weighted by Gasteiger charge is 2.18. The first kappa shape index (κ1) is 81.1. The van der Waals surface area contributed by atoms with Crippen LogP contribution < -0.4 is 5.32 Å². The molecule has 2 unspecified atom stereocenters. The minimum Gasteiger partial charge on any atom is -0.466 e. The van der Waals surface area contributed by atoms with E-state index in [9.17, 15) is 19.8 Å². The molecule has 0 aromatic heterocycles. The third-order valence-electron chi connectivity index (χ3n) is 17.6. The summed E-state index contributed by atoms with van der Waals surface area (Å²) in [6, 6.07) is -0.630. The number of esters is 1. The Morgan fingerprint density at radius 1 is 0.325 bits per heavy atom. The highest BCUT2D eigenvalue weighted by molar-refractivity contribution is 5.76. The summed E-state index contributed by atoms with van der Waals surface area (Å²) in [5.74, 6) is -0.0569. The van der Waals surface area contributed by atoms with E-state index >= 15 is 0 Å². The van der Waals surface area contributed by atoms with Gasteiger partial charge in [-0.2, -0.15) is 0 Å². The van der Waals surface area contributed by atoms with Gasteiger partial charge in [-0.25, -0.2) is 0 Å². The average molecular weight is 1170 g/mol. The van der Waals surface area contributed by atoms with Gasteiger partial charge in [-0.05, 0) is 83.5 Å². The van der Waals surface area contributed by atoms with E-state index in [-0.39, 0.29) is 18.5 Å². The third-order valence-corrected chi connectivity index (χ3v) is 17.6. The molecular weight excluding hydrogens is 1020 g/mol. The zero-order valence-electron chi connectivity index (χ0n) is 56.2. The molecule has 83 heavy (non-hydrogen) atoms. The first-order chi connectivity index (χ1) is 41.0. The molecular formula is C77H147NO5. The number of hydrogen-bond acceptors (Lipinski definition) is 5. The largest absolute Gasteiger partial charge is 0.466 e. The van der Waals surface area contributed by atoms with Gasteiger partial charge < -0.3 is 20.3 Å². The molecule has 3 N–H and O–H groups in total. The lowest BCUT2D eigenvalue weighted by atomic mass is 10.0. The molecule has 0 aromatic rings. The number of amides is 1. The van der Waals surface area contributed by atoms with Gasteiger partial charge in [-0.1, -0.05) is 359 Å². The van der Waals surface area contributed by atoms with Crippen molar-refractivity contribution in [2.24, 2.45) is 0 Å². The Labute approximate surface area is 519 Å². The van der Waals surface area contributed by atoms with Gasteiger partial charge in [-0.3, -0.25) is 9.59 Å². The van der Waals surface area contributed by atoms with E-state index in [1.807, 2.05) is 6.08 Å². The number of nitrogens with one attached hydrogen (secondary N) is 1. The van der Waals surface area contributed by atoms with Gasteiger partial charge in [-0.15, -0.1) is 0 Å². The molecule has 490 valence electrons. The normalized spacial score (nSPS) is 12.7. The first-order valence-electron chi connectivity index (χ1n) is 37.8. The summed E-state index contributed by atoms with van der Waals surface area (Å²) in [5.41, 5.74) is 0. The molecule has 2 atom stereocenters. The molecule has 6 heteroatoms. The Bertz CT molecular complexity index is 1340. The van der Waals surface area contributed by atoms with Crippen LogP contribution in [0.15, 0.2) is 36.5 Å². The number of allylic oxidation sites excluding steroid dienone is 5. The molecule has 0 spiro atoms. The summed E-state index contributed by atoms with van der Waals surface area (Å²) in [6.07, 6.45) is 93.8. The Hall–Kier alpha value is -1.92. The van der Waals surface area contributed by atoms with Crippen molar-refractivity contribution in [3.8, 4) is 0 Å². The van der Waals surface area contributed by atoms with Crippen molar-refractivity contribution in [3.05, 3.63) is 36.5 Å². The van der Waals surface area contributed by atoms with Crippen molar-refractivity contribution in [1.82, 2.24) is 5.32 Å². The van der Waals surface area contributed by atoms with E-state index in [1.165, 1.54) is 347 Å². The zero-order valence-corrected chi connectivity index (χ0v) is 56.2. The Morgan fingerprint density at radius 3 is 0.855 bits per heavy atom. The summed E-state index contributed by atoms with van der Waals surface area (Å²) in [4.78, 5) is 24.6. The van der Waals surface area contributed by atoms with Crippen molar-refractivity contribution >= 4 is 11.9 Å². The van der Waals surface area contributed by atoms with Gasteiger partial charge in [0.15, 0.2) is 0 Å². The van der Waals surface area contributed by atoms with Crippen LogP contribution in [-0.2, 0) is 14.3 Å². The minimum atomic E-state index is -0.847. The molecule has 1 amide bonds. The summed E-state index contributed by atoms with van der Waals surface area (Å²) >= 11 is 0. The van der Waals surface area contributed by atoms with Crippen LogP contribution in [0.3, 0.4) is 0 Å². The number of rotatable bonds is 71. The van der Waals surface area contributed by atoms with E-state index in [2.05, 4.69) is 43.5 Å². The van der Waals surface area contributed by atoms with E-state index in [0.717, 1.165) is 44.9 Å². The Morgan fingerprint density at radius 2 is 0.566 bits per heavy atom. The molecule has 6 nitrogen and oxygen atoms in total. The molecule has 0 aliphatic carbocycles. The molecule has 0 fully saturated rings. The maximum absolute atomic E-state index is 12.5. The number of ether oxygens (including phenoxy) is 1. The van der Waals surface area contributed by atoms with E-state index in [0.29, 0.717) is 19.4 Å². The second kappa shape index (κ2) is 72.6. The molecule has 0 aliphatic rings. The molecule has 0 heterocycles. The molecule has 0 aromatic carbocycles. The SMILES string of the molecule is CCCCCCCC/C=C\CCCCCCCC(=O)OCCCCCCCCCCCCCC/C=C\CCCCCCCCCCCCCC(=O)NC(CO)C(O)/C=C/CCCCCCCCCCCCCCCCCCCCCCCC. The number of carbonyl (C=O) groups is 2. The number of aliphatic hydroxyl groups is 2. The fourth-order valence-electron chi connectivity index (χ4n) is 11.9. The quantitative estimate of drug-likeness (QED) is 0.0320. The van der Waals surface area contributed by atoms with Crippen molar-refractivity contribution < 1.29 is 24.5 Å². The van der Waals surface area contributed by atoms with E-state index in [4.69, 9.17) is 4.74 Å². The standard InChI is InChI=1S/C77H147NO5/c1-3-5-7-9-11-13-15-17-19-20-21-22-23-29-32-35-38-42-45-49-53-57-61-65-69-75(80)74(73-79)78-76(81)70-66-62-58-54-50-46-43-39-36-33-30-27-25-24-26-28-31-34-37-40-44-48-52-56-60-64-68-72-83-77(82)71-67-63-59-55-51-47-41-18-16-14-12-10-8-6-4-2/h18,24-25,41,65,69,74-75,79-80H,3-17,19-23,26-40,42-64,66-68,70-73H2,1-2H3,(H,78,81)/b25-24-,41-18-,69-65+. The maximum Gasteiger partial charge on any atom is 0.305 e. The van der Waals surface area contributed by atoms with Crippen molar-refractivity contribution in [3.63, 3.8) is 0 Å². The van der Waals surface area contributed by atoms with Crippen molar-refractivity contribution in [2.45, 2.75) is 431 Å².